The molecular weight excluding hydrogens is 241 g/mol. The standard InChI is InChI=1S/C8H16BrNO.ClH/c9-6-8(11)7-2-1-4-10-5-3-7;/h7-8,10-11H,1-6H2;1H. The summed E-state index contributed by atoms with van der Waals surface area (Å²) in [7, 11) is 0. The zero-order chi connectivity index (χ0) is 8.10. The van der Waals surface area contributed by atoms with E-state index in [-0.39, 0.29) is 18.5 Å². The van der Waals surface area contributed by atoms with E-state index in [2.05, 4.69) is 21.2 Å². The van der Waals surface area contributed by atoms with Crippen LogP contribution in [0, 0.1) is 5.92 Å². The zero-order valence-corrected chi connectivity index (χ0v) is 9.53. The van der Waals surface area contributed by atoms with Crippen molar-refractivity contribution in [3.05, 3.63) is 0 Å². The van der Waals surface area contributed by atoms with Gasteiger partial charge in [-0.2, -0.15) is 0 Å². The number of halogens is 2. The Labute approximate surface area is 88.7 Å². The summed E-state index contributed by atoms with van der Waals surface area (Å²) in [6.45, 7) is 2.18. The lowest BCUT2D eigenvalue weighted by Gasteiger charge is -2.18. The lowest BCUT2D eigenvalue weighted by molar-refractivity contribution is 0.123. The molecule has 1 rings (SSSR count). The van der Waals surface area contributed by atoms with Gasteiger partial charge in [0.05, 0.1) is 6.10 Å². The van der Waals surface area contributed by atoms with Crippen molar-refractivity contribution in [3.63, 3.8) is 0 Å². The van der Waals surface area contributed by atoms with Crippen LogP contribution in [0.3, 0.4) is 0 Å². The van der Waals surface area contributed by atoms with Gasteiger partial charge < -0.3 is 10.4 Å². The predicted molar refractivity (Wildman–Crippen MR) is 57.3 cm³/mol. The summed E-state index contributed by atoms with van der Waals surface area (Å²) in [6, 6.07) is 0. The Morgan fingerprint density at radius 3 is 2.83 bits per heavy atom. The largest absolute Gasteiger partial charge is 0.392 e. The summed E-state index contributed by atoms with van der Waals surface area (Å²) in [5.41, 5.74) is 0. The first-order chi connectivity index (χ1) is 5.34. The molecule has 0 bridgehead atoms. The van der Waals surface area contributed by atoms with Crippen LogP contribution in [0.1, 0.15) is 19.3 Å². The molecule has 0 radical (unpaired) electrons. The van der Waals surface area contributed by atoms with Gasteiger partial charge in [-0.25, -0.2) is 0 Å². The molecule has 0 aromatic rings. The first-order valence-corrected chi connectivity index (χ1v) is 5.41. The molecule has 1 aliphatic heterocycles. The fourth-order valence-corrected chi connectivity index (χ4v) is 2.09. The fourth-order valence-electron chi connectivity index (χ4n) is 1.56. The molecule has 4 heteroatoms. The quantitative estimate of drug-likeness (QED) is 0.737. The topological polar surface area (TPSA) is 32.3 Å². The Morgan fingerprint density at radius 2 is 2.17 bits per heavy atom. The van der Waals surface area contributed by atoms with Gasteiger partial charge in [-0.05, 0) is 38.3 Å². The second kappa shape index (κ2) is 7.13. The van der Waals surface area contributed by atoms with E-state index in [4.69, 9.17) is 0 Å². The van der Waals surface area contributed by atoms with E-state index in [1.54, 1.807) is 0 Å². The molecular formula is C8H17BrClNO. The third-order valence-corrected chi connectivity index (χ3v) is 2.99. The van der Waals surface area contributed by atoms with Crippen LogP contribution in [0.5, 0.6) is 0 Å². The van der Waals surface area contributed by atoms with Crippen LogP contribution in [0.4, 0.5) is 0 Å². The van der Waals surface area contributed by atoms with Gasteiger partial charge in [0.25, 0.3) is 0 Å². The second-order valence-electron chi connectivity index (χ2n) is 3.16. The van der Waals surface area contributed by atoms with Gasteiger partial charge >= 0.3 is 0 Å². The second-order valence-corrected chi connectivity index (χ2v) is 3.81. The van der Waals surface area contributed by atoms with Gasteiger partial charge in [-0.1, -0.05) is 15.9 Å². The maximum absolute atomic E-state index is 9.53. The molecule has 1 aliphatic rings. The van der Waals surface area contributed by atoms with E-state index in [0.29, 0.717) is 5.92 Å². The molecule has 0 aliphatic carbocycles. The highest BCUT2D eigenvalue weighted by Crippen LogP contribution is 2.18. The van der Waals surface area contributed by atoms with Crippen molar-refractivity contribution in [1.29, 1.82) is 0 Å². The van der Waals surface area contributed by atoms with Crippen LogP contribution in [-0.4, -0.2) is 29.6 Å². The van der Waals surface area contributed by atoms with Gasteiger partial charge in [0.15, 0.2) is 0 Å². The van der Waals surface area contributed by atoms with Crippen molar-refractivity contribution in [3.8, 4) is 0 Å². The number of aliphatic hydroxyl groups is 1. The minimum atomic E-state index is -0.144. The number of hydrogen-bond acceptors (Lipinski definition) is 2. The fraction of sp³-hybridized carbons (Fsp3) is 1.00. The summed E-state index contributed by atoms with van der Waals surface area (Å²) in [4.78, 5) is 0. The monoisotopic (exact) mass is 257 g/mol. The summed E-state index contributed by atoms with van der Waals surface area (Å²) in [6.07, 6.45) is 3.34. The normalized spacial score (nSPS) is 27.0. The van der Waals surface area contributed by atoms with Crippen LogP contribution in [-0.2, 0) is 0 Å². The van der Waals surface area contributed by atoms with Crippen LogP contribution in [0.15, 0.2) is 0 Å². The van der Waals surface area contributed by atoms with Crippen molar-refractivity contribution in [2.24, 2.45) is 5.92 Å². The van der Waals surface area contributed by atoms with Crippen molar-refractivity contribution < 1.29 is 5.11 Å². The van der Waals surface area contributed by atoms with E-state index in [9.17, 15) is 5.11 Å². The predicted octanol–water partition coefficient (Wildman–Crippen LogP) is 1.55. The lowest BCUT2D eigenvalue weighted by atomic mass is 9.96. The summed E-state index contributed by atoms with van der Waals surface area (Å²) in [5, 5.41) is 13.6. The number of aliphatic hydroxyl groups excluding tert-OH is 1. The molecule has 1 heterocycles. The molecule has 2 nitrogen and oxygen atoms in total. The molecule has 2 unspecified atom stereocenters. The van der Waals surface area contributed by atoms with E-state index >= 15 is 0 Å². The Hall–Kier alpha value is 0.690. The number of hydrogen-bond donors (Lipinski definition) is 2. The number of nitrogens with one attached hydrogen (secondary N) is 1. The minimum Gasteiger partial charge on any atom is -0.392 e. The molecule has 0 saturated carbocycles. The van der Waals surface area contributed by atoms with Gasteiger partial charge in [0.2, 0.25) is 0 Å². The molecule has 1 fully saturated rings. The first-order valence-electron chi connectivity index (χ1n) is 4.29. The third-order valence-electron chi connectivity index (χ3n) is 2.32. The molecule has 2 atom stereocenters. The first kappa shape index (κ1) is 12.7. The maximum Gasteiger partial charge on any atom is 0.0665 e. The van der Waals surface area contributed by atoms with Crippen molar-refractivity contribution >= 4 is 28.3 Å². The molecule has 0 spiro atoms. The highest BCUT2D eigenvalue weighted by molar-refractivity contribution is 9.09. The van der Waals surface area contributed by atoms with Crippen molar-refractivity contribution in [2.75, 3.05) is 18.4 Å². The number of rotatable bonds is 2. The lowest BCUT2D eigenvalue weighted by Crippen LogP contribution is -2.23. The molecule has 0 aromatic carbocycles. The molecule has 0 aromatic heterocycles. The van der Waals surface area contributed by atoms with Crippen molar-refractivity contribution in [1.82, 2.24) is 5.32 Å². The van der Waals surface area contributed by atoms with Gasteiger partial charge in [-0.15, -0.1) is 12.4 Å². The Bertz CT molecular complexity index is 107. The molecule has 74 valence electrons. The molecule has 12 heavy (non-hydrogen) atoms. The van der Waals surface area contributed by atoms with Gasteiger partial charge in [0.1, 0.15) is 0 Å². The van der Waals surface area contributed by atoms with E-state index in [1.807, 2.05) is 0 Å². The zero-order valence-electron chi connectivity index (χ0n) is 7.13. The van der Waals surface area contributed by atoms with E-state index < -0.39 is 0 Å². The SMILES string of the molecule is Cl.OC(CBr)C1CCCNCC1. The smallest absolute Gasteiger partial charge is 0.0665 e. The third kappa shape index (κ3) is 4.08. The highest BCUT2D eigenvalue weighted by atomic mass is 79.9. The van der Waals surface area contributed by atoms with Crippen molar-refractivity contribution in [2.45, 2.75) is 25.4 Å². The van der Waals surface area contributed by atoms with Crippen LogP contribution >= 0.6 is 28.3 Å². The molecule has 2 N–H and O–H groups in total. The average molecular weight is 259 g/mol. The van der Waals surface area contributed by atoms with Gasteiger partial charge in [-0.3, -0.25) is 0 Å². The summed E-state index contributed by atoms with van der Waals surface area (Å²) >= 11 is 3.31. The van der Waals surface area contributed by atoms with Crippen LogP contribution in [0.2, 0.25) is 0 Å². The Balaban J connectivity index is 0.00000121. The maximum atomic E-state index is 9.53. The summed E-state index contributed by atoms with van der Waals surface area (Å²) < 4.78 is 0. The van der Waals surface area contributed by atoms with Crippen LogP contribution in [0.25, 0.3) is 0 Å². The molecule has 0 amide bonds. The minimum absolute atomic E-state index is 0. The van der Waals surface area contributed by atoms with Gasteiger partial charge in [0, 0.05) is 5.33 Å². The Kier molecular flexibility index (Phi) is 7.54. The Morgan fingerprint density at radius 1 is 1.42 bits per heavy atom. The molecule has 1 saturated heterocycles. The average Bonchev–Trinajstić information content (AvgIpc) is 2.30. The van der Waals surface area contributed by atoms with E-state index in [1.165, 1.54) is 12.8 Å². The van der Waals surface area contributed by atoms with Crippen LogP contribution < -0.4 is 5.32 Å². The summed E-state index contributed by atoms with van der Waals surface area (Å²) in [5.74, 6) is 0.504. The highest BCUT2D eigenvalue weighted by Gasteiger charge is 2.18. The van der Waals surface area contributed by atoms with E-state index in [0.717, 1.165) is 24.8 Å². The number of alkyl halides is 1.